The number of aromatic nitrogens is 4. The molecule has 2 aliphatic heterocycles. The van der Waals surface area contributed by atoms with Crippen LogP contribution in [0.2, 0.25) is 0 Å². The van der Waals surface area contributed by atoms with Crippen molar-refractivity contribution in [2.75, 3.05) is 36.5 Å². The standard InChI is InChI=1S/C27H30FN7O3/c1-15-11-35(12-16(2)30-15)23-5-4-20(25-21(23)10-29-27(32-25)38-14-19-6-7-37-19)26(36)31-18-8-17-13-34(3)33-24(17)22(28)9-18/h4-5,8-10,13,15-16,19,30H,6-7,11-12,14H2,1-3H3,(H,31,36)/t15-,16+,19?. The molecule has 0 saturated carbocycles. The maximum Gasteiger partial charge on any atom is 0.317 e. The molecule has 2 fully saturated rings. The Balaban J connectivity index is 1.36. The third kappa shape index (κ3) is 4.74. The number of ether oxygens (including phenoxy) is 2. The number of piperazine rings is 1. The van der Waals surface area contributed by atoms with Gasteiger partial charge in [0, 0.05) is 79.8 Å². The van der Waals surface area contributed by atoms with Crippen LogP contribution in [-0.2, 0) is 11.8 Å². The van der Waals surface area contributed by atoms with E-state index in [0.717, 1.165) is 37.2 Å². The Bertz CT molecular complexity index is 1510. The molecule has 4 heterocycles. The average molecular weight is 520 g/mol. The molecule has 2 aromatic carbocycles. The second-order valence-corrected chi connectivity index (χ2v) is 10.2. The smallest absolute Gasteiger partial charge is 0.317 e. The van der Waals surface area contributed by atoms with Crippen LogP contribution in [0.15, 0.2) is 36.7 Å². The lowest BCUT2D eigenvalue weighted by Gasteiger charge is -2.38. The first-order chi connectivity index (χ1) is 18.3. The van der Waals surface area contributed by atoms with E-state index >= 15 is 0 Å². The number of halogens is 1. The molecule has 4 aromatic rings. The zero-order valence-corrected chi connectivity index (χ0v) is 21.6. The monoisotopic (exact) mass is 519 g/mol. The summed E-state index contributed by atoms with van der Waals surface area (Å²) in [4.78, 5) is 24.9. The molecular weight excluding hydrogens is 489 g/mol. The lowest BCUT2D eigenvalue weighted by molar-refractivity contribution is -0.0733. The van der Waals surface area contributed by atoms with Gasteiger partial charge in [-0.3, -0.25) is 9.48 Å². The van der Waals surface area contributed by atoms with Crippen LogP contribution in [0.3, 0.4) is 0 Å². The predicted octanol–water partition coefficient (Wildman–Crippen LogP) is 3.26. The number of nitrogens with zero attached hydrogens (tertiary/aromatic N) is 5. The summed E-state index contributed by atoms with van der Waals surface area (Å²) < 4.78 is 27.4. The largest absolute Gasteiger partial charge is 0.461 e. The summed E-state index contributed by atoms with van der Waals surface area (Å²) in [6.07, 6.45) is 4.38. The van der Waals surface area contributed by atoms with Crippen molar-refractivity contribution in [1.82, 2.24) is 25.1 Å². The highest BCUT2D eigenvalue weighted by Gasteiger charge is 2.25. The Morgan fingerprint density at radius 3 is 2.76 bits per heavy atom. The van der Waals surface area contributed by atoms with Crippen LogP contribution in [0.5, 0.6) is 6.01 Å². The average Bonchev–Trinajstić information content (AvgIpc) is 3.22. The number of carbonyl (C=O) groups excluding carboxylic acids is 1. The first kappa shape index (κ1) is 24.5. The third-order valence-electron chi connectivity index (χ3n) is 6.97. The summed E-state index contributed by atoms with van der Waals surface area (Å²) in [6.45, 7) is 7.00. The van der Waals surface area contributed by atoms with E-state index in [0.29, 0.717) is 40.8 Å². The van der Waals surface area contributed by atoms with Crippen molar-refractivity contribution >= 4 is 39.1 Å². The number of carbonyl (C=O) groups is 1. The number of rotatable bonds is 6. The van der Waals surface area contributed by atoms with Crippen molar-refractivity contribution in [2.24, 2.45) is 7.05 Å². The van der Waals surface area contributed by atoms with Gasteiger partial charge in [0.2, 0.25) is 0 Å². The predicted molar refractivity (Wildman–Crippen MR) is 142 cm³/mol. The molecule has 3 atom stereocenters. The Kier molecular flexibility index (Phi) is 6.32. The maximum absolute atomic E-state index is 14.6. The minimum absolute atomic E-state index is 0.0320. The molecule has 6 rings (SSSR count). The van der Waals surface area contributed by atoms with Crippen LogP contribution in [0.25, 0.3) is 21.8 Å². The van der Waals surface area contributed by atoms with Crippen molar-refractivity contribution < 1.29 is 18.7 Å². The zero-order chi connectivity index (χ0) is 26.4. The van der Waals surface area contributed by atoms with Gasteiger partial charge in [-0.05, 0) is 38.1 Å². The van der Waals surface area contributed by atoms with E-state index in [1.165, 1.54) is 10.7 Å². The summed E-state index contributed by atoms with van der Waals surface area (Å²) in [6, 6.07) is 7.46. The quantitative estimate of drug-likeness (QED) is 0.400. The van der Waals surface area contributed by atoms with Crippen LogP contribution in [0.1, 0.15) is 30.6 Å². The number of hydrogen-bond donors (Lipinski definition) is 2. The van der Waals surface area contributed by atoms with Crippen molar-refractivity contribution in [1.29, 1.82) is 0 Å². The highest BCUT2D eigenvalue weighted by Crippen LogP contribution is 2.31. The summed E-state index contributed by atoms with van der Waals surface area (Å²) in [5, 5.41) is 11.9. The van der Waals surface area contributed by atoms with Gasteiger partial charge >= 0.3 is 6.01 Å². The number of fused-ring (bicyclic) bond motifs is 2. The molecule has 0 radical (unpaired) electrons. The van der Waals surface area contributed by atoms with Gasteiger partial charge in [-0.15, -0.1) is 0 Å². The molecule has 2 N–H and O–H groups in total. The number of anilines is 2. The highest BCUT2D eigenvalue weighted by molar-refractivity contribution is 6.14. The van der Waals surface area contributed by atoms with E-state index < -0.39 is 11.7 Å². The van der Waals surface area contributed by atoms with Gasteiger partial charge in [-0.25, -0.2) is 9.37 Å². The molecule has 38 heavy (non-hydrogen) atoms. The number of aryl methyl sites for hydroxylation is 1. The Morgan fingerprint density at radius 2 is 2.03 bits per heavy atom. The fourth-order valence-electron chi connectivity index (χ4n) is 5.21. The van der Waals surface area contributed by atoms with Crippen molar-refractivity contribution in [3.05, 3.63) is 48.0 Å². The van der Waals surface area contributed by atoms with Crippen LogP contribution < -0.4 is 20.3 Å². The molecule has 1 unspecified atom stereocenters. The third-order valence-corrected chi connectivity index (χ3v) is 6.97. The molecular formula is C27H30FN7O3. The van der Waals surface area contributed by atoms with Gasteiger partial charge in [0.25, 0.3) is 5.91 Å². The number of benzene rings is 2. The second-order valence-electron chi connectivity index (χ2n) is 10.2. The molecule has 11 heteroatoms. The maximum atomic E-state index is 14.6. The van der Waals surface area contributed by atoms with Crippen molar-refractivity contribution in [3.8, 4) is 6.01 Å². The summed E-state index contributed by atoms with van der Waals surface area (Å²) >= 11 is 0. The highest BCUT2D eigenvalue weighted by atomic mass is 19.1. The van der Waals surface area contributed by atoms with Crippen LogP contribution in [0, 0.1) is 5.82 Å². The van der Waals surface area contributed by atoms with E-state index in [1.54, 1.807) is 31.6 Å². The zero-order valence-electron chi connectivity index (χ0n) is 21.6. The molecule has 10 nitrogen and oxygen atoms in total. The van der Waals surface area contributed by atoms with Gasteiger partial charge in [0.15, 0.2) is 5.82 Å². The first-order valence-electron chi connectivity index (χ1n) is 12.8. The fourth-order valence-corrected chi connectivity index (χ4v) is 5.21. The minimum atomic E-state index is -0.503. The van der Waals surface area contributed by atoms with Crippen LogP contribution >= 0.6 is 0 Å². The van der Waals surface area contributed by atoms with Crippen molar-refractivity contribution in [2.45, 2.75) is 38.5 Å². The number of nitrogens with one attached hydrogen (secondary N) is 2. The second kappa shape index (κ2) is 9.80. The lowest BCUT2D eigenvalue weighted by Crippen LogP contribution is -2.54. The SMILES string of the molecule is C[C@@H]1CN(c2ccc(C(=O)Nc3cc(F)c4nn(C)cc4c3)c3nc(OCC4CCO4)ncc23)C[C@H](C)N1. The molecule has 0 spiro atoms. The van der Waals surface area contributed by atoms with E-state index in [2.05, 4.69) is 44.4 Å². The number of amides is 1. The van der Waals surface area contributed by atoms with E-state index in [-0.39, 0.29) is 17.6 Å². The Hall–Kier alpha value is -3.83. The molecule has 2 aliphatic rings. The van der Waals surface area contributed by atoms with E-state index in [9.17, 15) is 9.18 Å². The first-order valence-corrected chi connectivity index (χ1v) is 12.8. The van der Waals surface area contributed by atoms with Gasteiger partial charge < -0.3 is 25.0 Å². The molecule has 0 bridgehead atoms. The van der Waals surface area contributed by atoms with Crippen LogP contribution in [-0.4, -0.2) is 70.1 Å². The van der Waals surface area contributed by atoms with E-state index in [1.807, 2.05) is 6.07 Å². The number of hydrogen-bond acceptors (Lipinski definition) is 8. The summed E-state index contributed by atoms with van der Waals surface area (Å²) in [5.41, 5.74) is 2.36. The van der Waals surface area contributed by atoms with Gasteiger partial charge in [0.05, 0.1) is 17.2 Å². The van der Waals surface area contributed by atoms with Gasteiger partial charge in [-0.1, -0.05) is 0 Å². The fraction of sp³-hybridized carbons (Fsp3) is 0.407. The van der Waals surface area contributed by atoms with Gasteiger partial charge in [0.1, 0.15) is 12.1 Å². The Morgan fingerprint density at radius 1 is 1.24 bits per heavy atom. The summed E-state index contributed by atoms with van der Waals surface area (Å²) in [5.74, 6) is -0.907. The van der Waals surface area contributed by atoms with Gasteiger partial charge in [-0.2, -0.15) is 10.1 Å². The minimum Gasteiger partial charge on any atom is -0.461 e. The molecule has 2 aromatic heterocycles. The van der Waals surface area contributed by atoms with Crippen molar-refractivity contribution in [3.63, 3.8) is 0 Å². The topological polar surface area (TPSA) is 106 Å². The molecule has 198 valence electrons. The van der Waals surface area contributed by atoms with E-state index in [4.69, 9.17) is 9.47 Å². The van der Waals surface area contributed by atoms with Crippen LogP contribution in [0.4, 0.5) is 15.8 Å². The summed E-state index contributed by atoms with van der Waals surface area (Å²) in [7, 11) is 1.72. The lowest BCUT2D eigenvalue weighted by atomic mass is 10.0. The Labute approximate surface area is 219 Å². The normalized spacial score (nSPS) is 21.5. The molecule has 0 aliphatic carbocycles. The molecule has 2 saturated heterocycles. The molecule has 1 amide bonds.